The fourth-order valence-electron chi connectivity index (χ4n) is 12.1. The van der Waals surface area contributed by atoms with Crippen molar-refractivity contribution in [1.82, 2.24) is 19.1 Å². The van der Waals surface area contributed by atoms with Crippen LogP contribution in [0.1, 0.15) is 33.9 Å². The second kappa shape index (κ2) is 13.0. The molecule has 1 atom stereocenters. The molecule has 2 aromatic heterocycles. The molecule has 0 saturated carbocycles. The van der Waals surface area contributed by atoms with E-state index in [1.165, 1.54) is 110 Å². The highest BCUT2D eigenvalue weighted by atomic mass is 15.1. The minimum Gasteiger partial charge on any atom is -0.331 e. The van der Waals surface area contributed by atoms with Gasteiger partial charge in [0.25, 0.3) is 0 Å². The van der Waals surface area contributed by atoms with Crippen LogP contribution < -0.4 is 0 Å². The zero-order chi connectivity index (χ0) is 43.3. The molecule has 4 heteroatoms. The molecule has 65 heavy (non-hydrogen) atoms. The zero-order valence-electron chi connectivity index (χ0n) is 36.6. The van der Waals surface area contributed by atoms with Gasteiger partial charge in [0.15, 0.2) is 0 Å². The Morgan fingerprint density at radius 3 is 1.54 bits per heavy atom. The third-order valence-electron chi connectivity index (χ3n) is 15.1. The van der Waals surface area contributed by atoms with Crippen LogP contribution in [-0.4, -0.2) is 19.1 Å². The van der Waals surface area contributed by atoms with Crippen LogP contribution in [0.15, 0.2) is 182 Å². The molecule has 1 spiro atoms. The highest BCUT2D eigenvalue weighted by Gasteiger charge is 2.53. The largest absolute Gasteiger partial charge is 0.331 e. The highest BCUT2D eigenvalue weighted by molar-refractivity contribution is 6.21. The summed E-state index contributed by atoms with van der Waals surface area (Å²) in [6.45, 7) is 4.15. The lowest BCUT2D eigenvalue weighted by molar-refractivity contribution is 0.801. The molecule has 14 rings (SSSR count). The molecule has 1 unspecified atom stereocenters. The Hall–Kier alpha value is -8.08. The maximum atomic E-state index is 4.86. The summed E-state index contributed by atoms with van der Waals surface area (Å²) in [5.74, 6) is 2.01. The lowest BCUT2D eigenvalue weighted by atomic mass is 9.69. The molecule has 0 radical (unpaired) electrons. The van der Waals surface area contributed by atoms with Crippen LogP contribution in [0.4, 0.5) is 0 Å². The molecule has 2 aliphatic carbocycles. The van der Waals surface area contributed by atoms with Gasteiger partial charge in [-0.3, -0.25) is 0 Å². The third kappa shape index (κ3) is 4.70. The maximum Gasteiger partial charge on any atom is 0.106 e. The lowest BCUT2D eigenvalue weighted by Gasteiger charge is -2.31. The van der Waals surface area contributed by atoms with Crippen LogP contribution in [0.2, 0.25) is 0 Å². The molecule has 0 N–H and O–H groups in total. The van der Waals surface area contributed by atoms with Gasteiger partial charge in [0.1, 0.15) is 11.6 Å². The minimum absolute atomic E-state index is 0.501. The van der Waals surface area contributed by atoms with E-state index < -0.39 is 5.41 Å². The molecule has 2 heterocycles. The number of fused-ring (bicyclic) bond motifs is 16. The van der Waals surface area contributed by atoms with E-state index in [0.717, 1.165) is 33.7 Å². The fraction of sp³-hybridized carbons (Fsp3) is 0.0820. The molecule has 0 bridgehead atoms. The van der Waals surface area contributed by atoms with E-state index in [2.05, 4.69) is 219 Å². The van der Waals surface area contributed by atoms with Gasteiger partial charge in [-0.1, -0.05) is 152 Å². The number of hydrogen-bond acceptors (Lipinski definition) is 2. The van der Waals surface area contributed by atoms with Gasteiger partial charge in [-0.25, -0.2) is 9.97 Å². The van der Waals surface area contributed by atoms with Crippen molar-refractivity contribution in [3.63, 3.8) is 0 Å². The number of aryl methyl sites for hydroxylation is 4. The van der Waals surface area contributed by atoms with Crippen LogP contribution in [0, 0.1) is 13.8 Å². The molecule has 12 aromatic rings. The Kier molecular flexibility index (Phi) is 7.28. The summed E-state index contributed by atoms with van der Waals surface area (Å²) in [6, 6.07) is 68.9. The van der Waals surface area contributed by atoms with E-state index >= 15 is 0 Å². The van der Waals surface area contributed by atoms with Crippen LogP contribution >= 0.6 is 0 Å². The molecule has 0 saturated heterocycles. The number of aromatic nitrogens is 4. The predicted molar refractivity (Wildman–Crippen MR) is 270 cm³/mol. The van der Waals surface area contributed by atoms with Crippen LogP contribution in [0.25, 0.3) is 110 Å². The molecule has 0 amide bonds. The topological polar surface area (TPSA) is 35.6 Å². The quantitative estimate of drug-likeness (QED) is 0.166. The number of rotatable bonds is 3. The first-order valence-electron chi connectivity index (χ1n) is 22.6. The predicted octanol–water partition coefficient (Wildman–Crippen LogP) is 14.9. The summed E-state index contributed by atoms with van der Waals surface area (Å²) in [6.07, 6.45) is 0. The second-order valence-electron chi connectivity index (χ2n) is 18.2. The van der Waals surface area contributed by atoms with Crippen molar-refractivity contribution in [2.75, 3.05) is 0 Å². The highest BCUT2D eigenvalue weighted by Crippen LogP contribution is 2.65. The smallest absolute Gasteiger partial charge is 0.106 e. The van der Waals surface area contributed by atoms with E-state index in [1.54, 1.807) is 0 Å². The Balaban J connectivity index is 1.13. The third-order valence-corrected chi connectivity index (χ3v) is 15.1. The van der Waals surface area contributed by atoms with E-state index in [1.807, 2.05) is 0 Å². The summed E-state index contributed by atoms with van der Waals surface area (Å²) >= 11 is 0. The molecule has 2 aliphatic rings. The van der Waals surface area contributed by atoms with Crippen molar-refractivity contribution in [2.45, 2.75) is 19.3 Å². The van der Waals surface area contributed by atoms with Gasteiger partial charge >= 0.3 is 0 Å². The monoisotopic (exact) mass is 830 g/mol. The molecular weight excluding hydrogens is 789 g/mol. The van der Waals surface area contributed by atoms with Gasteiger partial charge in [0.05, 0.1) is 27.5 Å². The Morgan fingerprint density at radius 1 is 0.369 bits per heavy atom. The van der Waals surface area contributed by atoms with Crippen molar-refractivity contribution >= 4 is 54.4 Å². The Bertz CT molecular complexity index is 3920. The number of benzene rings is 10. The van der Waals surface area contributed by atoms with Crippen molar-refractivity contribution in [1.29, 1.82) is 0 Å². The standard InChI is InChI=1S/C61H42N4/c1-35-62-54-30-27-38(32-56(54)64(35)3)40-18-11-20-44-49(40)34-50-41(39-28-31-55-57(33-39)65(4)36(2)63-55)19-12-21-45(50)58(44)48-22-13-25-53-59(48)47-17-8-10-24-52(47)61(53)51-23-9-7-16-43(51)46-29-26-37-14-5-6-15-42(37)60(46)61/h5-34H,1-4H3. The van der Waals surface area contributed by atoms with Crippen LogP contribution in [0.5, 0.6) is 0 Å². The normalized spacial score (nSPS) is 14.8. The molecule has 0 fully saturated rings. The van der Waals surface area contributed by atoms with Gasteiger partial charge in [0, 0.05) is 14.1 Å². The minimum atomic E-state index is -0.501. The molecular formula is C61H42N4. The number of imidazole rings is 2. The van der Waals surface area contributed by atoms with E-state index in [4.69, 9.17) is 9.97 Å². The van der Waals surface area contributed by atoms with Gasteiger partial charge in [-0.2, -0.15) is 0 Å². The summed E-state index contributed by atoms with van der Waals surface area (Å²) < 4.78 is 4.39. The lowest BCUT2D eigenvalue weighted by Crippen LogP contribution is -2.26. The molecule has 0 aliphatic heterocycles. The molecule has 4 nitrogen and oxygen atoms in total. The van der Waals surface area contributed by atoms with Crippen LogP contribution in [0.3, 0.4) is 0 Å². The first-order chi connectivity index (χ1) is 31.9. The first-order valence-corrected chi connectivity index (χ1v) is 22.6. The van der Waals surface area contributed by atoms with Gasteiger partial charge in [-0.05, 0) is 154 Å². The van der Waals surface area contributed by atoms with E-state index in [9.17, 15) is 0 Å². The number of hydrogen-bond donors (Lipinski definition) is 0. The first kappa shape index (κ1) is 36.4. The van der Waals surface area contributed by atoms with Gasteiger partial charge in [0.2, 0.25) is 0 Å². The average molecular weight is 831 g/mol. The Labute approximate surface area is 376 Å². The number of nitrogens with zero attached hydrogens (tertiary/aromatic N) is 4. The average Bonchev–Trinajstić information content (AvgIpc) is 4.03. The van der Waals surface area contributed by atoms with Gasteiger partial charge in [-0.15, -0.1) is 0 Å². The SMILES string of the molecule is Cc1nc2ccc(-c3cccc4c(-c5cccc6c5-c5ccccc5C65c6ccccc6-c6ccc7ccccc7c65)c5cccc(-c6ccc7nc(C)n(C)c7c6)c5cc34)cc2n1C. The summed E-state index contributed by atoms with van der Waals surface area (Å²) in [5.41, 5.74) is 21.7. The zero-order valence-corrected chi connectivity index (χ0v) is 36.6. The van der Waals surface area contributed by atoms with Crippen molar-refractivity contribution in [3.05, 3.63) is 216 Å². The summed E-state index contributed by atoms with van der Waals surface area (Å²) in [7, 11) is 4.22. The molecule has 306 valence electrons. The maximum absolute atomic E-state index is 4.86. The van der Waals surface area contributed by atoms with Crippen LogP contribution in [-0.2, 0) is 19.5 Å². The fourth-order valence-corrected chi connectivity index (χ4v) is 12.1. The van der Waals surface area contributed by atoms with Crippen molar-refractivity contribution in [2.24, 2.45) is 14.1 Å². The van der Waals surface area contributed by atoms with E-state index in [-0.39, 0.29) is 0 Å². The summed E-state index contributed by atoms with van der Waals surface area (Å²) in [5, 5.41) is 7.48. The second-order valence-corrected chi connectivity index (χ2v) is 18.2. The van der Waals surface area contributed by atoms with Crippen molar-refractivity contribution < 1.29 is 0 Å². The van der Waals surface area contributed by atoms with E-state index in [0.29, 0.717) is 0 Å². The van der Waals surface area contributed by atoms with Crippen molar-refractivity contribution in [3.8, 4) is 55.6 Å². The van der Waals surface area contributed by atoms with Gasteiger partial charge < -0.3 is 9.13 Å². The summed E-state index contributed by atoms with van der Waals surface area (Å²) in [4.78, 5) is 9.72. The molecule has 10 aromatic carbocycles. The Morgan fingerprint density at radius 2 is 0.877 bits per heavy atom.